The molecule has 20 heteroatoms. The van der Waals surface area contributed by atoms with Crippen molar-refractivity contribution >= 4 is 115 Å². The summed E-state index contributed by atoms with van der Waals surface area (Å²) in [5.74, 6) is -0.273. The van der Waals surface area contributed by atoms with Gasteiger partial charge in [-0.3, -0.25) is 9.36 Å². The second kappa shape index (κ2) is 24.4. The van der Waals surface area contributed by atoms with Gasteiger partial charge in [-0.05, 0) is 106 Å². The quantitative estimate of drug-likeness (QED) is 0.0530. The number of nitrogen functional groups attached to an aromatic ring is 1. The number of nitrogens with two attached hydrogens (primary N) is 1. The number of carbonyl (C=O) groups excluding carboxylic acids is 2. The Hall–Kier alpha value is -5.13. The van der Waals surface area contributed by atoms with E-state index >= 15 is 0 Å². The molecule has 4 aromatic carbocycles. The van der Waals surface area contributed by atoms with Gasteiger partial charge in [0.2, 0.25) is 0 Å². The van der Waals surface area contributed by atoms with E-state index in [1.807, 2.05) is 116 Å². The molecular formula is C45H41BrCl2N8O5S4. The van der Waals surface area contributed by atoms with Crippen molar-refractivity contribution < 1.29 is 19.1 Å². The molecule has 0 amide bonds. The molecule has 0 saturated heterocycles. The van der Waals surface area contributed by atoms with Crippen LogP contribution in [0.3, 0.4) is 0 Å². The average molecular weight is 1050 g/mol. The Morgan fingerprint density at radius 2 is 1.35 bits per heavy atom. The first-order valence-corrected chi connectivity index (χ1v) is 25.7. The van der Waals surface area contributed by atoms with Gasteiger partial charge < -0.3 is 15.2 Å². The Balaban J connectivity index is 0.000000210. The van der Waals surface area contributed by atoms with Crippen molar-refractivity contribution in [3.63, 3.8) is 0 Å². The molecular weight excluding hydrogens is 1010 g/mol. The standard InChI is InChI=1S/C24H15BrCl2N4OS.C13H15N3O2S.C8H11NO2S2/c1-33-23-20-22(31(29-23)17-5-3-2-4-6-17)28-21(18-12-9-15(26)13-19(18)27)30(24(20)32)16-10-7-14(25)8-11-16;1-3-18-13(17)10-11(14)16(15-12(10)19-2)9-7-5-4-6-8-9;1-4-11-7(10)6(5-9)8(12-2)13-3/h2-13H,1H3;4-8H,3,14H2,1-2H3;4H2,1-3H3. The minimum Gasteiger partial charge on any atom is -0.462 e. The lowest BCUT2D eigenvalue weighted by atomic mass is 10.2. The fourth-order valence-electron chi connectivity index (χ4n) is 5.99. The molecule has 336 valence electrons. The van der Waals surface area contributed by atoms with Gasteiger partial charge in [-0.2, -0.15) is 15.5 Å². The van der Waals surface area contributed by atoms with E-state index in [-0.39, 0.29) is 11.1 Å². The van der Waals surface area contributed by atoms with E-state index in [9.17, 15) is 14.4 Å². The molecule has 7 rings (SSSR count). The van der Waals surface area contributed by atoms with Crippen LogP contribution >= 0.6 is 86.2 Å². The maximum atomic E-state index is 14.0. The molecule has 7 aromatic rings. The Labute approximate surface area is 411 Å². The zero-order valence-corrected chi connectivity index (χ0v) is 42.1. The monoisotopic (exact) mass is 1050 g/mol. The number of esters is 2. The third-order valence-electron chi connectivity index (χ3n) is 8.85. The van der Waals surface area contributed by atoms with Crippen LogP contribution in [0, 0.1) is 11.3 Å². The van der Waals surface area contributed by atoms with Crippen molar-refractivity contribution in [2.24, 2.45) is 0 Å². The van der Waals surface area contributed by atoms with Gasteiger partial charge in [-0.25, -0.2) is 23.9 Å². The first kappa shape index (κ1) is 50.9. The van der Waals surface area contributed by atoms with E-state index in [1.165, 1.54) is 47.0 Å². The molecule has 13 nitrogen and oxygen atoms in total. The van der Waals surface area contributed by atoms with Crippen LogP contribution in [0.5, 0.6) is 0 Å². The molecule has 2 N–H and O–H groups in total. The number of hydrogen-bond donors (Lipinski definition) is 1. The summed E-state index contributed by atoms with van der Waals surface area (Å²) in [7, 11) is 0. The predicted molar refractivity (Wildman–Crippen MR) is 271 cm³/mol. The Kier molecular flexibility index (Phi) is 19.1. The second-order valence-corrected chi connectivity index (χ2v) is 18.0. The number of rotatable bonds is 12. The Bertz CT molecular complexity index is 2920. The molecule has 3 aromatic heterocycles. The van der Waals surface area contributed by atoms with Crippen LogP contribution in [0.4, 0.5) is 5.82 Å². The summed E-state index contributed by atoms with van der Waals surface area (Å²) in [4.78, 5) is 42.1. The zero-order valence-electron chi connectivity index (χ0n) is 35.7. The molecule has 0 aliphatic heterocycles. The van der Waals surface area contributed by atoms with Gasteiger partial charge in [0, 0.05) is 15.1 Å². The molecule has 0 spiro atoms. The highest BCUT2D eigenvalue weighted by Crippen LogP contribution is 2.34. The molecule has 65 heavy (non-hydrogen) atoms. The summed E-state index contributed by atoms with van der Waals surface area (Å²) in [6.07, 6.45) is 7.38. The summed E-state index contributed by atoms with van der Waals surface area (Å²) >= 11 is 21.7. The van der Waals surface area contributed by atoms with Gasteiger partial charge in [-0.15, -0.1) is 47.0 Å². The van der Waals surface area contributed by atoms with Crippen molar-refractivity contribution in [1.82, 2.24) is 29.1 Å². The highest BCUT2D eigenvalue weighted by atomic mass is 79.9. The fraction of sp³-hybridized carbons (Fsp3) is 0.178. The number of anilines is 1. The molecule has 0 radical (unpaired) electrons. The van der Waals surface area contributed by atoms with Gasteiger partial charge in [0.05, 0.1) is 39.5 Å². The number of nitriles is 1. The summed E-state index contributed by atoms with van der Waals surface area (Å²) < 4.78 is 16.2. The summed E-state index contributed by atoms with van der Waals surface area (Å²) in [5, 5.41) is 20.3. The number of carbonyl (C=O) groups is 2. The van der Waals surface area contributed by atoms with Crippen molar-refractivity contribution in [1.29, 1.82) is 5.26 Å². The van der Waals surface area contributed by atoms with Gasteiger partial charge in [0.15, 0.2) is 17.0 Å². The first-order valence-electron chi connectivity index (χ1n) is 19.3. The van der Waals surface area contributed by atoms with E-state index < -0.39 is 11.9 Å². The smallest absolute Gasteiger partial charge is 0.350 e. The number of benzene rings is 4. The van der Waals surface area contributed by atoms with E-state index in [1.54, 1.807) is 46.0 Å². The molecule has 0 unspecified atom stereocenters. The third kappa shape index (κ3) is 12.0. The molecule has 0 atom stereocenters. The fourth-order valence-corrected chi connectivity index (χ4v) is 9.18. The van der Waals surface area contributed by atoms with Crippen molar-refractivity contribution in [3.05, 3.63) is 143 Å². The first-order chi connectivity index (χ1) is 31.4. The maximum absolute atomic E-state index is 14.0. The zero-order chi connectivity index (χ0) is 47.2. The topological polar surface area (TPSA) is 173 Å². The van der Waals surface area contributed by atoms with Crippen LogP contribution in [0.2, 0.25) is 10.0 Å². The summed E-state index contributed by atoms with van der Waals surface area (Å²) in [6.45, 7) is 4.07. The minimum atomic E-state index is -0.538. The largest absolute Gasteiger partial charge is 0.462 e. The van der Waals surface area contributed by atoms with Crippen LogP contribution in [-0.2, 0) is 14.3 Å². The Morgan fingerprint density at radius 3 is 1.88 bits per heavy atom. The van der Waals surface area contributed by atoms with Crippen molar-refractivity contribution in [2.75, 3.05) is 44.0 Å². The normalized spacial score (nSPS) is 10.5. The van der Waals surface area contributed by atoms with Crippen LogP contribution in [0.15, 0.2) is 132 Å². The number of ether oxygens (including phenoxy) is 2. The van der Waals surface area contributed by atoms with Gasteiger partial charge in [0.25, 0.3) is 5.56 Å². The maximum Gasteiger partial charge on any atom is 0.350 e. The number of hydrogen-bond acceptors (Lipinski definition) is 14. The molecule has 0 aliphatic carbocycles. The van der Waals surface area contributed by atoms with E-state index in [0.29, 0.717) is 77.0 Å². The highest BCUT2D eigenvalue weighted by molar-refractivity contribution is 9.10. The van der Waals surface area contributed by atoms with E-state index in [2.05, 4.69) is 21.0 Å². The number of fused-ring (bicyclic) bond motifs is 1. The van der Waals surface area contributed by atoms with Crippen molar-refractivity contribution in [3.8, 4) is 34.5 Å². The number of aromatic nitrogens is 6. The van der Waals surface area contributed by atoms with Crippen LogP contribution < -0.4 is 11.3 Å². The SMILES string of the molecule is CCOC(=O)C(C#N)=C(SC)SC.CCOC(=O)c1c(SC)nn(-c2ccccc2)c1N.CSc1nn(-c2ccccc2)c2nc(-c3ccc(Cl)cc3Cl)n(-c3ccc(Br)cc3)c(=O)c12. The molecule has 0 aliphatic rings. The molecule has 0 bridgehead atoms. The van der Waals surface area contributed by atoms with Crippen LogP contribution in [0.1, 0.15) is 24.2 Å². The Morgan fingerprint density at radius 1 is 0.785 bits per heavy atom. The number of thioether (sulfide) groups is 4. The minimum absolute atomic E-state index is 0.0989. The van der Waals surface area contributed by atoms with Crippen LogP contribution in [-0.4, -0.2) is 79.3 Å². The van der Waals surface area contributed by atoms with Gasteiger partial charge >= 0.3 is 11.9 Å². The van der Waals surface area contributed by atoms with Gasteiger partial charge in [0.1, 0.15) is 32.9 Å². The van der Waals surface area contributed by atoms with Gasteiger partial charge in [-0.1, -0.05) is 75.5 Å². The molecule has 0 saturated carbocycles. The molecule has 0 fully saturated rings. The lowest BCUT2D eigenvalue weighted by molar-refractivity contribution is -0.138. The second-order valence-electron chi connectivity index (χ2n) is 12.8. The average Bonchev–Trinajstić information content (AvgIpc) is 3.87. The summed E-state index contributed by atoms with van der Waals surface area (Å²) in [6, 6.07) is 33.5. The van der Waals surface area contributed by atoms with E-state index in [4.69, 9.17) is 53.8 Å². The lowest BCUT2D eigenvalue weighted by Crippen LogP contribution is -2.22. The highest BCUT2D eigenvalue weighted by Gasteiger charge is 2.25. The molecule has 3 heterocycles. The number of para-hydroxylation sites is 2. The predicted octanol–water partition coefficient (Wildman–Crippen LogP) is 11.4. The van der Waals surface area contributed by atoms with Crippen molar-refractivity contribution in [2.45, 2.75) is 23.9 Å². The summed E-state index contributed by atoms with van der Waals surface area (Å²) in [5.41, 5.74) is 9.57. The lowest BCUT2D eigenvalue weighted by Gasteiger charge is -2.15. The third-order valence-corrected chi connectivity index (χ3v) is 13.4. The number of nitrogens with zero attached hydrogens (tertiary/aromatic N) is 7. The van der Waals surface area contributed by atoms with E-state index in [0.717, 1.165) is 15.8 Å². The number of halogens is 3. The van der Waals surface area contributed by atoms with Crippen LogP contribution in [0.25, 0.3) is 39.5 Å².